The molecule has 1 N–H and O–H groups in total. The van der Waals surface area contributed by atoms with Crippen molar-refractivity contribution in [1.82, 2.24) is 9.97 Å². The van der Waals surface area contributed by atoms with E-state index in [2.05, 4.69) is 9.97 Å². The number of halogens is 4. The largest absolute Gasteiger partial charge is 0.417 e. The Morgan fingerprint density at radius 1 is 1.29 bits per heavy atom. The molecule has 0 fully saturated rings. The van der Waals surface area contributed by atoms with Crippen LogP contribution in [0.5, 0.6) is 0 Å². The average Bonchev–Trinajstić information content (AvgIpc) is 2.83. The molecule has 0 aliphatic heterocycles. The third-order valence-corrected chi connectivity index (χ3v) is 4.28. The number of hydrogen-bond acceptors (Lipinski definition) is 3. The van der Waals surface area contributed by atoms with Gasteiger partial charge in [0.25, 0.3) is 5.56 Å². The van der Waals surface area contributed by atoms with Gasteiger partial charge < -0.3 is 4.98 Å². The first-order chi connectivity index (χ1) is 9.88. The molecule has 0 aliphatic carbocycles. The van der Waals surface area contributed by atoms with Gasteiger partial charge in [-0.05, 0) is 17.7 Å². The lowest BCUT2D eigenvalue weighted by molar-refractivity contribution is -0.137. The van der Waals surface area contributed by atoms with Gasteiger partial charge in [-0.25, -0.2) is 4.98 Å². The Balaban J connectivity index is 2.27. The molecule has 0 aliphatic rings. The Morgan fingerprint density at radius 2 is 2.05 bits per heavy atom. The van der Waals surface area contributed by atoms with Gasteiger partial charge in [-0.15, -0.1) is 11.3 Å². The molecule has 3 aromatic rings. The number of benzene rings is 1. The third kappa shape index (κ3) is 2.43. The van der Waals surface area contributed by atoms with E-state index in [-0.39, 0.29) is 21.5 Å². The van der Waals surface area contributed by atoms with Crippen LogP contribution in [-0.2, 0) is 6.18 Å². The predicted molar refractivity (Wildman–Crippen MR) is 75.7 cm³/mol. The minimum Gasteiger partial charge on any atom is -0.313 e. The van der Waals surface area contributed by atoms with Crippen molar-refractivity contribution in [3.63, 3.8) is 0 Å². The minimum atomic E-state index is -4.55. The minimum absolute atomic E-state index is 0.276. The molecule has 0 amide bonds. The van der Waals surface area contributed by atoms with Gasteiger partial charge in [-0.1, -0.05) is 17.7 Å². The van der Waals surface area contributed by atoms with Gasteiger partial charge in [0, 0.05) is 10.3 Å². The SMILES string of the molecule is O=c1[nH]cnc2csc(-c3ccc(Cl)c(C(F)(F)F)c3)c12. The lowest BCUT2D eigenvalue weighted by Gasteiger charge is -2.10. The molecule has 3 nitrogen and oxygen atoms in total. The van der Waals surface area contributed by atoms with Crippen LogP contribution in [-0.4, -0.2) is 9.97 Å². The van der Waals surface area contributed by atoms with Gasteiger partial charge >= 0.3 is 6.18 Å². The number of nitrogens with one attached hydrogen (secondary N) is 1. The van der Waals surface area contributed by atoms with Crippen molar-refractivity contribution < 1.29 is 13.2 Å². The van der Waals surface area contributed by atoms with Crippen molar-refractivity contribution in [2.75, 3.05) is 0 Å². The van der Waals surface area contributed by atoms with Crippen LogP contribution in [0.4, 0.5) is 13.2 Å². The van der Waals surface area contributed by atoms with E-state index >= 15 is 0 Å². The zero-order valence-electron chi connectivity index (χ0n) is 10.2. The van der Waals surface area contributed by atoms with E-state index in [0.717, 1.165) is 17.4 Å². The number of thiophene rings is 1. The lowest BCUT2D eigenvalue weighted by Crippen LogP contribution is -2.07. The van der Waals surface area contributed by atoms with Crippen LogP contribution in [0.3, 0.4) is 0 Å². The van der Waals surface area contributed by atoms with Crippen LogP contribution in [0.2, 0.25) is 5.02 Å². The van der Waals surface area contributed by atoms with Crippen LogP contribution < -0.4 is 5.56 Å². The molecule has 3 rings (SSSR count). The Kier molecular flexibility index (Phi) is 3.26. The molecule has 2 heterocycles. The normalized spacial score (nSPS) is 12.0. The van der Waals surface area contributed by atoms with Crippen LogP contribution in [0.25, 0.3) is 21.3 Å². The van der Waals surface area contributed by atoms with E-state index in [9.17, 15) is 18.0 Å². The Bertz CT molecular complexity index is 885. The van der Waals surface area contributed by atoms with Gasteiger partial charge in [0.05, 0.1) is 27.8 Å². The van der Waals surface area contributed by atoms with Gasteiger partial charge in [0.1, 0.15) is 0 Å². The number of fused-ring (bicyclic) bond motifs is 1. The maximum Gasteiger partial charge on any atom is 0.417 e. The van der Waals surface area contributed by atoms with E-state index in [4.69, 9.17) is 11.6 Å². The molecule has 21 heavy (non-hydrogen) atoms. The second-order valence-electron chi connectivity index (χ2n) is 4.25. The summed E-state index contributed by atoms with van der Waals surface area (Å²) in [4.78, 5) is 18.7. The van der Waals surface area contributed by atoms with Gasteiger partial charge in [0.2, 0.25) is 0 Å². The van der Waals surface area contributed by atoms with Crippen molar-refractivity contribution in [3.8, 4) is 10.4 Å². The summed E-state index contributed by atoms with van der Waals surface area (Å²) in [5.41, 5.74) is -0.587. The highest BCUT2D eigenvalue weighted by Gasteiger charge is 2.33. The van der Waals surface area contributed by atoms with Crippen molar-refractivity contribution in [1.29, 1.82) is 0 Å². The molecule has 0 unspecified atom stereocenters. The zero-order chi connectivity index (χ0) is 15.2. The Labute approximate surface area is 125 Å². The Hall–Kier alpha value is -1.86. The van der Waals surface area contributed by atoms with Crippen LogP contribution in [0, 0.1) is 0 Å². The fourth-order valence-corrected chi connectivity index (χ4v) is 3.20. The molecule has 0 radical (unpaired) electrons. The molecule has 8 heteroatoms. The number of aromatic nitrogens is 2. The smallest absolute Gasteiger partial charge is 0.313 e. The lowest BCUT2D eigenvalue weighted by atomic mass is 10.1. The summed E-state index contributed by atoms with van der Waals surface area (Å²) in [6.07, 6.45) is -3.30. The molecule has 0 spiro atoms. The molecule has 0 saturated carbocycles. The topological polar surface area (TPSA) is 45.8 Å². The molecule has 0 saturated heterocycles. The summed E-state index contributed by atoms with van der Waals surface area (Å²) in [6, 6.07) is 3.57. The standard InChI is InChI=1S/C13H6ClF3N2OS/c14-8-2-1-6(3-7(8)13(15,16)17)11-10-9(4-21-11)18-5-19-12(10)20/h1-5H,(H,18,19,20). The number of hydrogen-bond donors (Lipinski definition) is 1. The molecule has 108 valence electrons. The summed E-state index contributed by atoms with van der Waals surface area (Å²) in [7, 11) is 0. The predicted octanol–water partition coefficient (Wildman–Crippen LogP) is 4.32. The zero-order valence-corrected chi connectivity index (χ0v) is 11.7. The van der Waals surface area contributed by atoms with E-state index in [0.29, 0.717) is 10.4 Å². The fourth-order valence-electron chi connectivity index (χ4n) is 1.99. The summed E-state index contributed by atoms with van der Waals surface area (Å²) < 4.78 is 38.7. The van der Waals surface area contributed by atoms with Crippen LogP contribution in [0.15, 0.2) is 34.7 Å². The highest BCUT2D eigenvalue weighted by molar-refractivity contribution is 7.15. The quantitative estimate of drug-likeness (QED) is 0.722. The summed E-state index contributed by atoms with van der Waals surface area (Å²) in [5.74, 6) is 0. The van der Waals surface area contributed by atoms with Gasteiger partial charge in [-0.2, -0.15) is 13.2 Å². The Morgan fingerprint density at radius 3 is 2.76 bits per heavy atom. The number of H-pyrrole nitrogens is 1. The van der Waals surface area contributed by atoms with Gasteiger partial charge in [-0.3, -0.25) is 4.79 Å². The van der Waals surface area contributed by atoms with Crippen molar-refractivity contribution in [3.05, 3.63) is 50.8 Å². The van der Waals surface area contributed by atoms with Crippen LogP contribution in [0.1, 0.15) is 5.56 Å². The summed E-state index contributed by atoms with van der Waals surface area (Å²) in [5, 5.41) is 1.53. The summed E-state index contributed by atoms with van der Waals surface area (Å²) >= 11 is 6.76. The second-order valence-corrected chi connectivity index (χ2v) is 5.54. The molecular weight excluding hydrogens is 325 g/mol. The third-order valence-electron chi connectivity index (χ3n) is 2.93. The maximum absolute atomic E-state index is 12.9. The van der Waals surface area contributed by atoms with Crippen molar-refractivity contribution >= 4 is 33.8 Å². The van der Waals surface area contributed by atoms with E-state index < -0.39 is 11.7 Å². The van der Waals surface area contributed by atoms with Crippen LogP contribution >= 0.6 is 22.9 Å². The maximum atomic E-state index is 12.9. The molecular formula is C13H6ClF3N2OS. The average molecular weight is 331 g/mol. The second kappa shape index (κ2) is 4.85. The number of aromatic amines is 1. The van der Waals surface area contributed by atoms with E-state index in [1.165, 1.54) is 18.5 Å². The molecule has 0 atom stereocenters. The van der Waals surface area contributed by atoms with E-state index in [1.807, 2.05) is 0 Å². The molecule has 2 aromatic heterocycles. The summed E-state index contributed by atoms with van der Waals surface area (Å²) in [6.45, 7) is 0. The number of alkyl halides is 3. The number of rotatable bonds is 1. The highest BCUT2D eigenvalue weighted by atomic mass is 35.5. The molecule has 0 bridgehead atoms. The number of nitrogens with zero attached hydrogens (tertiary/aromatic N) is 1. The fraction of sp³-hybridized carbons (Fsp3) is 0.0769. The first kappa shape index (κ1) is 14.1. The van der Waals surface area contributed by atoms with E-state index in [1.54, 1.807) is 5.38 Å². The first-order valence-electron chi connectivity index (χ1n) is 5.70. The van der Waals surface area contributed by atoms with Crippen molar-refractivity contribution in [2.45, 2.75) is 6.18 Å². The van der Waals surface area contributed by atoms with Gasteiger partial charge in [0.15, 0.2) is 0 Å². The highest BCUT2D eigenvalue weighted by Crippen LogP contribution is 2.39. The van der Waals surface area contributed by atoms with Crippen molar-refractivity contribution in [2.24, 2.45) is 0 Å². The molecule has 1 aromatic carbocycles. The first-order valence-corrected chi connectivity index (χ1v) is 6.95. The monoisotopic (exact) mass is 330 g/mol.